The lowest BCUT2D eigenvalue weighted by atomic mass is 10.2. The molecule has 21 heavy (non-hydrogen) atoms. The first-order chi connectivity index (χ1) is 10.2. The number of imide groups is 1. The first-order valence-electron chi connectivity index (χ1n) is 7.42. The van der Waals surface area contributed by atoms with E-state index in [1.165, 1.54) is 4.90 Å². The smallest absolute Gasteiger partial charge is 0.324 e. The molecule has 0 spiro atoms. The fourth-order valence-electron chi connectivity index (χ4n) is 2.29. The zero-order valence-corrected chi connectivity index (χ0v) is 12.4. The lowest BCUT2D eigenvalue weighted by molar-refractivity contribution is -0.124. The topological polar surface area (TPSA) is 95.1 Å². The van der Waals surface area contributed by atoms with Crippen LogP contribution < -0.4 is 16.0 Å². The Balaban J connectivity index is 1.75. The van der Waals surface area contributed by atoms with Gasteiger partial charge in [0.2, 0.25) is 5.91 Å². The van der Waals surface area contributed by atoms with Gasteiger partial charge in [-0.2, -0.15) is 0 Å². The summed E-state index contributed by atoms with van der Waals surface area (Å²) in [4.78, 5) is 28.5. The minimum atomic E-state index is -0.330. The molecule has 1 unspecified atom stereocenters. The van der Waals surface area contributed by atoms with Crippen molar-refractivity contribution >= 4 is 17.9 Å². The zero-order chi connectivity index (χ0) is 15.1. The van der Waals surface area contributed by atoms with E-state index in [2.05, 4.69) is 20.9 Å². The van der Waals surface area contributed by atoms with Crippen LogP contribution in [0, 0.1) is 0 Å². The van der Waals surface area contributed by atoms with E-state index < -0.39 is 0 Å². The third-order valence-electron chi connectivity index (χ3n) is 3.39. The standard InChI is InChI=1S/C13H23N5O3/c1-2-14-12(16-8-10-4-3-7-21-10)15-5-6-18-11(19)9-17-13(18)20/h10H,2-9H2,1H3,(H,17,20)(H2,14,15,16). The van der Waals surface area contributed by atoms with E-state index in [0.29, 0.717) is 25.6 Å². The zero-order valence-electron chi connectivity index (χ0n) is 12.4. The third-order valence-corrected chi connectivity index (χ3v) is 3.39. The maximum absolute atomic E-state index is 11.4. The first-order valence-corrected chi connectivity index (χ1v) is 7.42. The van der Waals surface area contributed by atoms with Gasteiger partial charge in [0.15, 0.2) is 5.96 Å². The Hall–Kier alpha value is -1.83. The summed E-state index contributed by atoms with van der Waals surface area (Å²) in [7, 11) is 0. The molecule has 0 bridgehead atoms. The Labute approximate surface area is 124 Å². The maximum atomic E-state index is 11.4. The number of hydrogen-bond acceptors (Lipinski definition) is 4. The Morgan fingerprint density at radius 3 is 2.95 bits per heavy atom. The number of aliphatic imine (C=N–C) groups is 1. The van der Waals surface area contributed by atoms with Crippen LogP contribution in [0.15, 0.2) is 4.99 Å². The fourth-order valence-corrected chi connectivity index (χ4v) is 2.29. The van der Waals surface area contributed by atoms with E-state index in [4.69, 9.17) is 4.74 Å². The minimum Gasteiger partial charge on any atom is -0.376 e. The molecule has 2 saturated heterocycles. The van der Waals surface area contributed by atoms with Crippen LogP contribution in [-0.4, -0.2) is 68.2 Å². The Morgan fingerprint density at radius 2 is 2.33 bits per heavy atom. The number of amides is 3. The Kier molecular flexibility index (Phi) is 5.79. The number of hydrogen-bond donors (Lipinski definition) is 3. The molecule has 0 aromatic heterocycles. The normalized spacial score (nSPS) is 22.6. The van der Waals surface area contributed by atoms with Crippen molar-refractivity contribution in [3.8, 4) is 0 Å². The number of rotatable bonds is 6. The number of carbonyl (C=O) groups excluding carboxylic acids is 2. The summed E-state index contributed by atoms with van der Waals surface area (Å²) < 4.78 is 5.53. The van der Waals surface area contributed by atoms with Gasteiger partial charge in [-0.15, -0.1) is 0 Å². The predicted octanol–water partition coefficient (Wildman–Crippen LogP) is -0.728. The van der Waals surface area contributed by atoms with E-state index in [1.807, 2.05) is 6.92 Å². The molecule has 2 rings (SSSR count). The highest BCUT2D eigenvalue weighted by Crippen LogP contribution is 2.11. The number of guanidine groups is 1. The van der Waals surface area contributed by atoms with Gasteiger partial charge >= 0.3 is 6.03 Å². The molecule has 0 aromatic rings. The molecule has 2 heterocycles. The summed E-state index contributed by atoms with van der Waals surface area (Å²) in [5.74, 6) is 0.489. The van der Waals surface area contributed by atoms with E-state index in [-0.39, 0.29) is 24.6 Å². The SMILES string of the molecule is CCNC(=NCC1CCCO1)NCCN1C(=O)CNC1=O. The van der Waals surface area contributed by atoms with E-state index in [0.717, 1.165) is 26.0 Å². The second-order valence-corrected chi connectivity index (χ2v) is 4.99. The van der Waals surface area contributed by atoms with Crippen LogP contribution in [-0.2, 0) is 9.53 Å². The van der Waals surface area contributed by atoms with Crippen LogP contribution in [0.5, 0.6) is 0 Å². The lowest BCUT2D eigenvalue weighted by Gasteiger charge is -2.16. The van der Waals surface area contributed by atoms with Gasteiger partial charge in [-0.25, -0.2) is 4.79 Å². The van der Waals surface area contributed by atoms with E-state index >= 15 is 0 Å². The molecule has 8 heteroatoms. The molecule has 2 fully saturated rings. The molecule has 0 aromatic carbocycles. The van der Waals surface area contributed by atoms with Gasteiger partial charge in [0.25, 0.3) is 0 Å². The number of nitrogens with one attached hydrogen (secondary N) is 3. The molecule has 2 aliphatic rings. The molecule has 0 radical (unpaired) electrons. The molecule has 2 aliphatic heterocycles. The van der Waals surface area contributed by atoms with Gasteiger partial charge in [0.1, 0.15) is 0 Å². The molecule has 3 N–H and O–H groups in total. The van der Waals surface area contributed by atoms with Gasteiger partial charge in [0, 0.05) is 26.2 Å². The van der Waals surface area contributed by atoms with Crippen molar-refractivity contribution in [2.75, 3.05) is 39.3 Å². The van der Waals surface area contributed by atoms with Crippen LogP contribution in [0.1, 0.15) is 19.8 Å². The van der Waals surface area contributed by atoms with Gasteiger partial charge in [-0.05, 0) is 19.8 Å². The van der Waals surface area contributed by atoms with E-state index in [1.54, 1.807) is 0 Å². The summed E-state index contributed by atoms with van der Waals surface area (Å²) in [6.07, 6.45) is 2.34. The summed E-state index contributed by atoms with van der Waals surface area (Å²) in [5.41, 5.74) is 0. The van der Waals surface area contributed by atoms with Crippen molar-refractivity contribution in [2.45, 2.75) is 25.9 Å². The second-order valence-electron chi connectivity index (χ2n) is 4.99. The average molecular weight is 297 g/mol. The largest absolute Gasteiger partial charge is 0.376 e. The Bertz CT molecular complexity index is 391. The highest BCUT2D eigenvalue weighted by atomic mass is 16.5. The fraction of sp³-hybridized carbons (Fsp3) is 0.769. The van der Waals surface area contributed by atoms with Crippen molar-refractivity contribution in [2.24, 2.45) is 4.99 Å². The molecule has 118 valence electrons. The van der Waals surface area contributed by atoms with Crippen LogP contribution in [0.25, 0.3) is 0 Å². The minimum absolute atomic E-state index is 0.0893. The van der Waals surface area contributed by atoms with Crippen molar-refractivity contribution in [1.82, 2.24) is 20.9 Å². The molecule has 0 saturated carbocycles. The van der Waals surface area contributed by atoms with Crippen molar-refractivity contribution in [3.05, 3.63) is 0 Å². The van der Waals surface area contributed by atoms with Gasteiger partial charge in [-0.1, -0.05) is 0 Å². The quantitative estimate of drug-likeness (QED) is 0.341. The summed E-state index contributed by atoms with van der Waals surface area (Å²) in [5, 5.41) is 8.75. The third kappa shape index (κ3) is 4.59. The van der Waals surface area contributed by atoms with Crippen LogP contribution in [0.2, 0.25) is 0 Å². The molecule has 8 nitrogen and oxygen atoms in total. The average Bonchev–Trinajstić information content (AvgIpc) is 3.09. The maximum Gasteiger partial charge on any atom is 0.324 e. The molecule has 1 atom stereocenters. The molecular weight excluding hydrogens is 274 g/mol. The van der Waals surface area contributed by atoms with Crippen LogP contribution in [0.4, 0.5) is 4.79 Å². The van der Waals surface area contributed by atoms with E-state index in [9.17, 15) is 9.59 Å². The van der Waals surface area contributed by atoms with Crippen molar-refractivity contribution in [3.63, 3.8) is 0 Å². The van der Waals surface area contributed by atoms with Crippen LogP contribution in [0.3, 0.4) is 0 Å². The Morgan fingerprint density at radius 1 is 1.48 bits per heavy atom. The number of ether oxygens (including phenoxy) is 1. The highest BCUT2D eigenvalue weighted by molar-refractivity contribution is 6.01. The number of carbonyl (C=O) groups is 2. The van der Waals surface area contributed by atoms with Crippen LogP contribution >= 0.6 is 0 Å². The molecule has 0 aliphatic carbocycles. The van der Waals surface area contributed by atoms with Gasteiger partial charge < -0.3 is 20.7 Å². The van der Waals surface area contributed by atoms with Crippen molar-refractivity contribution < 1.29 is 14.3 Å². The monoisotopic (exact) mass is 297 g/mol. The van der Waals surface area contributed by atoms with Gasteiger partial charge in [0.05, 0.1) is 19.2 Å². The van der Waals surface area contributed by atoms with Gasteiger partial charge in [-0.3, -0.25) is 14.7 Å². The second kappa shape index (κ2) is 7.82. The number of urea groups is 1. The first kappa shape index (κ1) is 15.6. The lowest BCUT2D eigenvalue weighted by Crippen LogP contribution is -2.43. The molecule has 3 amide bonds. The van der Waals surface area contributed by atoms with Crippen molar-refractivity contribution in [1.29, 1.82) is 0 Å². The summed E-state index contributed by atoms with van der Waals surface area (Å²) >= 11 is 0. The molecular formula is C13H23N5O3. The predicted molar refractivity (Wildman–Crippen MR) is 78.1 cm³/mol. The highest BCUT2D eigenvalue weighted by Gasteiger charge is 2.27. The summed E-state index contributed by atoms with van der Waals surface area (Å²) in [6.45, 7) is 5.06. The summed E-state index contributed by atoms with van der Waals surface area (Å²) in [6, 6.07) is -0.330. The number of nitrogens with zero attached hydrogens (tertiary/aromatic N) is 2.